The molecule has 0 aromatic heterocycles. The fraction of sp³-hybridized carbons (Fsp3) is 1.00. The van der Waals surface area contributed by atoms with Crippen molar-refractivity contribution in [3.63, 3.8) is 0 Å². The minimum absolute atomic E-state index is 0.295. The Kier molecular flexibility index (Phi) is 7.36. The average molecular weight is 236 g/mol. The van der Waals surface area contributed by atoms with Gasteiger partial charge >= 0.3 is 0 Å². The van der Waals surface area contributed by atoms with Crippen molar-refractivity contribution in [3.8, 4) is 0 Å². The van der Waals surface area contributed by atoms with Crippen molar-refractivity contribution >= 4 is 11.6 Å². The number of likely N-dealkylation sites (tertiary alicyclic amines) is 1. The first kappa shape index (κ1) is 13.2. The van der Waals surface area contributed by atoms with E-state index in [1.807, 2.05) is 0 Å². The maximum Gasteiger partial charge on any atom is 0.0602 e. The molecule has 90 valence electrons. The lowest BCUT2D eigenvalue weighted by molar-refractivity contribution is 0.0679. The molecule has 0 aliphatic carbocycles. The van der Waals surface area contributed by atoms with Gasteiger partial charge in [0.05, 0.1) is 13.2 Å². The van der Waals surface area contributed by atoms with E-state index >= 15 is 0 Å². The van der Waals surface area contributed by atoms with Gasteiger partial charge in [-0.1, -0.05) is 6.42 Å². The summed E-state index contributed by atoms with van der Waals surface area (Å²) in [5, 5.41) is 8.97. The SMILES string of the molecule is OCCC1CCCCN1CCOCCCl. The molecular weight excluding hydrogens is 214 g/mol. The molecule has 0 radical (unpaired) electrons. The Balaban J connectivity index is 2.17. The molecule has 1 aliphatic heterocycles. The molecule has 1 unspecified atom stereocenters. The van der Waals surface area contributed by atoms with Crippen LogP contribution in [0.2, 0.25) is 0 Å². The molecule has 1 atom stereocenters. The lowest BCUT2D eigenvalue weighted by atomic mass is 10.00. The largest absolute Gasteiger partial charge is 0.396 e. The van der Waals surface area contributed by atoms with Gasteiger partial charge in [-0.05, 0) is 25.8 Å². The van der Waals surface area contributed by atoms with E-state index in [1.165, 1.54) is 19.3 Å². The lowest BCUT2D eigenvalue weighted by Gasteiger charge is -2.35. The van der Waals surface area contributed by atoms with Crippen LogP contribution in [0.3, 0.4) is 0 Å². The van der Waals surface area contributed by atoms with Crippen LogP contribution in [0.4, 0.5) is 0 Å². The number of alkyl halides is 1. The number of rotatable bonds is 7. The summed E-state index contributed by atoms with van der Waals surface area (Å²) >= 11 is 5.53. The van der Waals surface area contributed by atoms with E-state index in [1.54, 1.807) is 0 Å². The highest BCUT2D eigenvalue weighted by Gasteiger charge is 2.20. The van der Waals surface area contributed by atoms with Gasteiger partial charge in [0.2, 0.25) is 0 Å². The molecule has 1 aliphatic rings. The van der Waals surface area contributed by atoms with Gasteiger partial charge < -0.3 is 9.84 Å². The van der Waals surface area contributed by atoms with Crippen LogP contribution in [0.25, 0.3) is 0 Å². The minimum Gasteiger partial charge on any atom is -0.396 e. The number of ether oxygens (including phenoxy) is 1. The van der Waals surface area contributed by atoms with Gasteiger partial charge in [-0.3, -0.25) is 4.90 Å². The predicted octanol–water partition coefficient (Wildman–Crippen LogP) is 1.48. The highest BCUT2D eigenvalue weighted by Crippen LogP contribution is 2.18. The molecule has 1 rings (SSSR count). The van der Waals surface area contributed by atoms with Crippen molar-refractivity contribution in [2.45, 2.75) is 31.7 Å². The summed E-state index contributed by atoms with van der Waals surface area (Å²) in [6.07, 6.45) is 4.69. The van der Waals surface area contributed by atoms with Crippen molar-refractivity contribution in [2.24, 2.45) is 0 Å². The van der Waals surface area contributed by atoms with Crippen molar-refractivity contribution in [1.82, 2.24) is 4.90 Å². The third-order valence-corrected chi connectivity index (χ3v) is 3.11. The molecule has 1 heterocycles. The smallest absolute Gasteiger partial charge is 0.0602 e. The van der Waals surface area contributed by atoms with E-state index in [0.29, 0.717) is 25.1 Å². The molecule has 0 amide bonds. The van der Waals surface area contributed by atoms with Crippen LogP contribution in [0.1, 0.15) is 25.7 Å². The Hall–Kier alpha value is 0.170. The van der Waals surface area contributed by atoms with E-state index in [2.05, 4.69) is 4.90 Å². The van der Waals surface area contributed by atoms with Gasteiger partial charge in [0.1, 0.15) is 0 Å². The predicted molar refractivity (Wildman–Crippen MR) is 62.5 cm³/mol. The second kappa shape index (κ2) is 8.34. The molecule has 15 heavy (non-hydrogen) atoms. The quantitative estimate of drug-likeness (QED) is 0.536. The van der Waals surface area contributed by atoms with Crippen LogP contribution in [0, 0.1) is 0 Å². The summed E-state index contributed by atoms with van der Waals surface area (Å²) < 4.78 is 5.38. The summed E-state index contributed by atoms with van der Waals surface area (Å²) in [7, 11) is 0. The first-order valence-electron chi connectivity index (χ1n) is 5.87. The zero-order valence-electron chi connectivity index (χ0n) is 9.33. The Morgan fingerprint density at radius 2 is 2.20 bits per heavy atom. The zero-order valence-corrected chi connectivity index (χ0v) is 10.1. The number of piperidine rings is 1. The fourth-order valence-electron chi connectivity index (χ4n) is 2.17. The zero-order chi connectivity index (χ0) is 10.9. The van der Waals surface area contributed by atoms with Crippen LogP contribution in [-0.2, 0) is 4.74 Å². The number of hydrogen-bond acceptors (Lipinski definition) is 3. The molecule has 1 N–H and O–H groups in total. The molecule has 1 saturated heterocycles. The summed E-state index contributed by atoms with van der Waals surface area (Å²) in [4.78, 5) is 2.44. The molecular formula is C11H22ClNO2. The van der Waals surface area contributed by atoms with Crippen LogP contribution in [-0.4, -0.2) is 54.8 Å². The van der Waals surface area contributed by atoms with Crippen molar-refractivity contribution in [2.75, 3.05) is 38.8 Å². The molecule has 1 fully saturated rings. The molecule has 0 aromatic rings. The summed E-state index contributed by atoms with van der Waals surface area (Å²) in [5.41, 5.74) is 0. The normalized spacial score (nSPS) is 23.2. The van der Waals surface area contributed by atoms with E-state index in [-0.39, 0.29) is 0 Å². The first-order valence-corrected chi connectivity index (χ1v) is 6.40. The number of hydrogen-bond donors (Lipinski definition) is 1. The Bertz CT molecular complexity index is 156. The van der Waals surface area contributed by atoms with E-state index in [0.717, 1.165) is 26.1 Å². The lowest BCUT2D eigenvalue weighted by Crippen LogP contribution is -2.41. The first-order chi connectivity index (χ1) is 7.38. The molecule has 0 aromatic carbocycles. The van der Waals surface area contributed by atoms with E-state index in [4.69, 9.17) is 21.4 Å². The van der Waals surface area contributed by atoms with Crippen LogP contribution in [0.5, 0.6) is 0 Å². The summed E-state index contributed by atoms with van der Waals surface area (Å²) in [5.74, 6) is 0.570. The maximum absolute atomic E-state index is 8.97. The molecule has 0 saturated carbocycles. The number of aliphatic hydroxyl groups is 1. The molecule has 0 spiro atoms. The summed E-state index contributed by atoms with van der Waals surface area (Å²) in [6.45, 7) is 3.81. The Morgan fingerprint density at radius 3 is 2.93 bits per heavy atom. The van der Waals surface area contributed by atoms with Crippen LogP contribution >= 0.6 is 11.6 Å². The average Bonchev–Trinajstić information content (AvgIpc) is 2.27. The van der Waals surface area contributed by atoms with E-state index < -0.39 is 0 Å². The Labute approximate surface area is 97.4 Å². The van der Waals surface area contributed by atoms with Gasteiger partial charge in [0, 0.05) is 25.1 Å². The second-order valence-corrected chi connectivity index (χ2v) is 4.38. The molecule has 3 nitrogen and oxygen atoms in total. The summed E-state index contributed by atoms with van der Waals surface area (Å²) in [6, 6.07) is 0.559. The monoisotopic (exact) mass is 235 g/mol. The number of aliphatic hydroxyl groups excluding tert-OH is 1. The minimum atomic E-state index is 0.295. The van der Waals surface area contributed by atoms with Crippen LogP contribution < -0.4 is 0 Å². The van der Waals surface area contributed by atoms with Gasteiger partial charge in [-0.2, -0.15) is 0 Å². The molecule has 4 heteroatoms. The highest BCUT2D eigenvalue weighted by molar-refractivity contribution is 6.17. The molecule has 0 bridgehead atoms. The number of nitrogens with zero attached hydrogens (tertiary/aromatic N) is 1. The van der Waals surface area contributed by atoms with Gasteiger partial charge in [-0.25, -0.2) is 0 Å². The fourth-order valence-corrected chi connectivity index (χ4v) is 2.28. The third-order valence-electron chi connectivity index (χ3n) is 2.96. The highest BCUT2D eigenvalue weighted by atomic mass is 35.5. The Morgan fingerprint density at radius 1 is 1.33 bits per heavy atom. The van der Waals surface area contributed by atoms with Crippen LogP contribution in [0.15, 0.2) is 0 Å². The van der Waals surface area contributed by atoms with Gasteiger partial charge in [-0.15, -0.1) is 11.6 Å². The van der Waals surface area contributed by atoms with Crippen molar-refractivity contribution in [1.29, 1.82) is 0 Å². The van der Waals surface area contributed by atoms with Gasteiger partial charge in [0.25, 0.3) is 0 Å². The van der Waals surface area contributed by atoms with E-state index in [9.17, 15) is 0 Å². The maximum atomic E-state index is 8.97. The number of halogens is 1. The van der Waals surface area contributed by atoms with Crippen molar-refractivity contribution < 1.29 is 9.84 Å². The second-order valence-electron chi connectivity index (χ2n) is 4.00. The third kappa shape index (κ3) is 5.16. The van der Waals surface area contributed by atoms with Crippen molar-refractivity contribution in [3.05, 3.63) is 0 Å². The topological polar surface area (TPSA) is 32.7 Å². The standard InChI is InChI=1S/C11H22ClNO2/c12-5-9-15-10-7-13-6-2-1-3-11(13)4-8-14/h11,14H,1-10H2. The van der Waals surface area contributed by atoms with Gasteiger partial charge in [0.15, 0.2) is 0 Å².